The van der Waals surface area contributed by atoms with Crippen molar-refractivity contribution in [2.75, 3.05) is 17.6 Å². The van der Waals surface area contributed by atoms with Crippen molar-refractivity contribution < 1.29 is 4.79 Å². The molecular weight excluding hydrogens is 404 g/mol. The fourth-order valence-corrected chi connectivity index (χ4v) is 3.84. The number of aryl methyl sites for hydroxylation is 2. The normalized spacial score (nSPS) is 14.1. The van der Waals surface area contributed by atoms with Gasteiger partial charge in [0.1, 0.15) is 12.4 Å². The number of nitrogen functional groups attached to an aromatic ring is 1. The zero-order chi connectivity index (χ0) is 22.7. The minimum absolute atomic E-state index is 0.0491. The van der Waals surface area contributed by atoms with Crippen LogP contribution >= 0.6 is 0 Å². The van der Waals surface area contributed by atoms with Gasteiger partial charge in [0.2, 0.25) is 5.91 Å². The molecule has 1 fully saturated rings. The smallest absolute Gasteiger partial charge is 0.293 e. The summed E-state index contributed by atoms with van der Waals surface area (Å²) in [6, 6.07) is 13.9. The Bertz CT molecular complexity index is 1180. The van der Waals surface area contributed by atoms with Gasteiger partial charge in [-0.2, -0.15) is 0 Å². The van der Waals surface area contributed by atoms with Crippen LogP contribution in [0.4, 0.5) is 11.6 Å². The summed E-state index contributed by atoms with van der Waals surface area (Å²) in [7, 11) is 0. The highest BCUT2D eigenvalue weighted by molar-refractivity contribution is 5.75. The van der Waals surface area contributed by atoms with Crippen LogP contribution < -0.4 is 21.9 Å². The summed E-state index contributed by atoms with van der Waals surface area (Å²) in [6.45, 7) is 4.49. The molecule has 0 atom stereocenters. The fourth-order valence-electron chi connectivity index (χ4n) is 3.84. The molecule has 1 saturated carbocycles. The van der Waals surface area contributed by atoms with Gasteiger partial charge in [0.25, 0.3) is 5.56 Å². The molecule has 0 aliphatic heterocycles. The Labute approximate surface area is 186 Å². The molecule has 166 valence electrons. The second kappa shape index (κ2) is 8.82. The Kier molecular flexibility index (Phi) is 5.94. The number of rotatable bonds is 8. The fraction of sp³-hybridized carbons (Fsp3) is 0.333. The molecule has 0 saturated heterocycles. The van der Waals surface area contributed by atoms with Crippen molar-refractivity contribution in [3.8, 4) is 0 Å². The number of hydrogen-bond acceptors (Lipinski definition) is 6. The van der Waals surface area contributed by atoms with Gasteiger partial charge < -0.3 is 16.4 Å². The molecule has 1 aromatic carbocycles. The average molecular weight is 433 g/mol. The third-order valence-corrected chi connectivity index (χ3v) is 6.08. The molecule has 8 heteroatoms. The maximum atomic E-state index is 13.0. The van der Waals surface area contributed by atoms with Crippen molar-refractivity contribution in [1.82, 2.24) is 19.9 Å². The van der Waals surface area contributed by atoms with Crippen molar-refractivity contribution in [2.24, 2.45) is 0 Å². The summed E-state index contributed by atoms with van der Waals surface area (Å²) in [4.78, 5) is 34.0. The van der Waals surface area contributed by atoms with Gasteiger partial charge in [-0.3, -0.25) is 14.2 Å². The number of nitrogens with two attached hydrogens (primary N) is 1. The zero-order valence-corrected chi connectivity index (χ0v) is 18.4. The van der Waals surface area contributed by atoms with Crippen LogP contribution in [0.1, 0.15) is 35.4 Å². The lowest BCUT2D eigenvalue weighted by atomic mass is 9.96. The van der Waals surface area contributed by atoms with Crippen molar-refractivity contribution in [3.63, 3.8) is 0 Å². The van der Waals surface area contributed by atoms with Crippen molar-refractivity contribution in [2.45, 2.75) is 45.2 Å². The number of carbonyl (C=O) groups is 1. The standard InChI is InChI=1S/C24H28N6O2/c1-16-12-27-22(28-15-24(10-11-24)19-6-4-3-5-7-19)23(32)30(16)14-21(31)26-13-18-8-9-20(25)29-17(18)2/h3-9,12H,10-11,13-15H2,1-2H3,(H2,25,29)(H,26,31)(H,27,28). The molecule has 2 aromatic heterocycles. The molecule has 0 unspecified atom stereocenters. The van der Waals surface area contributed by atoms with Crippen LogP contribution in [0.15, 0.2) is 53.5 Å². The molecule has 0 bridgehead atoms. The number of benzene rings is 1. The van der Waals surface area contributed by atoms with Crippen LogP contribution in [-0.2, 0) is 23.3 Å². The maximum Gasteiger partial charge on any atom is 0.293 e. The second-order valence-electron chi connectivity index (χ2n) is 8.40. The Balaban J connectivity index is 1.42. The Hall–Kier alpha value is -3.68. The Morgan fingerprint density at radius 1 is 1.16 bits per heavy atom. The molecule has 3 aromatic rings. The summed E-state index contributed by atoms with van der Waals surface area (Å²) in [5, 5.41) is 6.08. The summed E-state index contributed by atoms with van der Waals surface area (Å²) < 4.78 is 1.45. The van der Waals surface area contributed by atoms with Crippen LogP contribution in [0.25, 0.3) is 0 Å². The second-order valence-corrected chi connectivity index (χ2v) is 8.40. The quantitative estimate of drug-likeness (QED) is 0.503. The van der Waals surface area contributed by atoms with Crippen LogP contribution in [0.5, 0.6) is 0 Å². The van der Waals surface area contributed by atoms with Crippen LogP contribution in [0.2, 0.25) is 0 Å². The van der Waals surface area contributed by atoms with E-state index in [-0.39, 0.29) is 29.2 Å². The minimum atomic E-state index is -0.297. The molecule has 8 nitrogen and oxygen atoms in total. The van der Waals surface area contributed by atoms with E-state index in [0.717, 1.165) is 24.1 Å². The highest BCUT2D eigenvalue weighted by Gasteiger charge is 2.44. The average Bonchev–Trinajstić information content (AvgIpc) is 3.57. The SMILES string of the molecule is Cc1nc(N)ccc1CNC(=O)Cn1c(C)cnc(NCC2(c3ccccc3)CC2)c1=O. The van der Waals surface area contributed by atoms with E-state index in [4.69, 9.17) is 5.73 Å². The molecule has 4 N–H and O–H groups in total. The summed E-state index contributed by atoms with van der Waals surface area (Å²) >= 11 is 0. The lowest BCUT2D eigenvalue weighted by Crippen LogP contribution is -2.35. The first-order valence-corrected chi connectivity index (χ1v) is 10.7. The lowest BCUT2D eigenvalue weighted by molar-refractivity contribution is -0.121. The van der Waals surface area contributed by atoms with E-state index >= 15 is 0 Å². The van der Waals surface area contributed by atoms with E-state index in [1.807, 2.05) is 31.2 Å². The topological polar surface area (TPSA) is 115 Å². The molecule has 1 aliphatic carbocycles. The third kappa shape index (κ3) is 4.64. The first-order chi connectivity index (χ1) is 15.4. The van der Waals surface area contributed by atoms with Gasteiger partial charge in [0.05, 0.1) is 0 Å². The van der Waals surface area contributed by atoms with Crippen LogP contribution in [-0.4, -0.2) is 27.0 Å². The van der Waals surface area contributed by atoms with Gasteiger partial charge in [-0.05, 0) is 43.9 Å². The molecule has 32 heavy (non-hydrogen) atoms. The predicted octanol–water partition coefficient (Wildman–Crippen LogP) is 2.30. The number of carbonyl (C=O) groups excluding carboxylic acids is 1. The number of nitrogens with one attached hydrogen (secondary N) is 2. The van der Waals surface area contributed by atoms with Crippen molar-refractivity contribution in [1.29, 1.82) is 0 Å². The van der Waals surface area contributed by atoms with E-state index < -0.39 is 0 Å². The van der Waals surface area contributed by atoms with E-state index in [0.29, 0.717) is 24.6 Å². The van der Waals surface area contributed by atoms with Gasteiger partial charge in [-0.25, -0.2) is 9.97 Å². The largest absolute Gasteiger partial charge is 0.384 e. The number of aromatic nitrogens is 3. The number of pyridine rings is 1. The Morgan fingerprint density at radius 2 is 1.91 bits per heavy atom. The van der Waals surface area contributed by atoms with Crippen molar-refractivity contribution in [3.05, 3.63) is 81.5 Å². The highest BCUT2D eigenvalue weighted by atomic mass is 16.2. The van der Waals surface area contributed by atoms with Gasteiger partial charge in [-0.1, -0.05) is 36.4 Å². The number of hydrogen-bond donors (Lipinski definition) is 3. The van der Waals surface area contributed by atoms with Crippen molar-refractivity contribution >= 4 is 17.5 Å². The lowest BCUT2D eigenvalue weighted by Gasteiger charge is -2.18. The first-order valence-electron chi connectivity index (χ1n) is 10.7. The first kappa shape index (κ1) is 21.5. The number of amides is 1. The van der Waals surface area contributed by atoms with Gasteiger partial charge in [0, 0.05) is 36.1 Å². The number of anilines is 2. The predicted molar refractivity (Wildman–Crippen MR) is 124 cm³/mol. The van der Waals surface area contributed by atoms with Gasteiger partial charge in [-0.15, -0.1) is 0 Å². The Morgan fingerprint density at radius 3 is 2.59 bits per heavy atom. The maximum absolute atomic E-state index is 13.0. The van der Waals surface area contributed by atoms with E-state index in [9.17, 15) is 9.59 Å². The molecule has 1 amide bonds. The number of nitrogens with zero attached hydrogens (tertiary/aromatic N) is 3. The van der Waals surface area contributed by atoms with E-state index in [1.165, 1.54) is 10.1 Å². The highest BCUT2D eigenvalue weighted by Crippen LogP contribution is 2.47. The molecular formula is C24H28N6O2. The van der Waals surface area contributed by atoms with Gasteiger partial charge >= 0.3 is 0 Å². The third-order valence-electron chi connectivity index (χ3n) is 6.08. The van der Waals surface area contributed by atoms with Crippen LogP contribution in [0.3, 0.4) is 0 Å². The summed E-state index contributed by atoms with van der Waals surface area (Å²) in [6.07, 6.45) is 3.77. The molecule has 4 rings (SSSR count). The zero-order valence-electron chi connectivity index (χ0n) is 18.4. The molecule has 0 radical (unpaired) electrons. The summed E-state index contributed by atoms with van der Waals surface area (Å²) in [5.74, 6) is 0.451. The van der Waals surface area contributed by atoms with Crippen LogP contribution in [0, 0.1) is 13.8 Å². The van der Waals surface area contributed by atoms with E-state index in [1.54, 1.807) is 19.2 Å². The van der Waals surface area contributed by atoms with E-state index in [2.05, 4.69) is 32.7 Å². The minimum Gasteiger partial charge on any atom is -0.384 e. The molecule has 1 aliphatic rings. The summed E-state index contributed by atoms with van der Waals surface area (Å²) in [5.41, 5.74) is 8.97. The van der Waals surface area contributed by atoms with Gasteiger partial charge in [0.15, 0.2) is 5.82 Å². The monoisotopic (exact) mass is 432 g/mol. The molecule has 0 spiro atoms. The molecule has 2 heterocycles.